The number of nitro benzene ring substituents is 1. The van der Waals surface area contributed by atoms with Gasteiger partial charge in [-0.2, -0.15) is 0 Å². The molecule has 0 saturated heterocycles. The van der Waals surface area contributed by atoms with Crippen molar-refractivity contribution in [2.75, 3.05) is 18.4 Å². The van der Waals surface area contributed by atoms with Gasteiger partial charge in [-0.1, -0.05) is 30.3 Å². The van der Waals surface area contributed by atoms with Crippen molar-refractivity contribution < 1.29 is 19.3 Å². The third kappa shape index (κ3) is 5.76. The van der Waals surface area contributed by atoms with Crippen molar-refractivity contribution in [2.24, 2.45) is 0 Å². The van der Waals surface area contributed by atoms with Gasteiger partial charge in [0.05, 0.1) is 4.92 Å². The monoisotopic (exact) mass is 432 g/mol. The third-order valence-electron chi connectivity index (χ3n) is 4.48. The van der Waals surface area contributed by atoms with Gasteiger partial charge < -0.3 is 16.0 Å². The zero-order chi connectivity index (χ0) is 22.9. The Morgan fingerprint density at radius 3 is 1.81 bits per heavy atom. The highest BCUT2D eigenvalue weighted by molar-refractivity contribution is 6.07. The van der Waals surface area contributed by atoms with Gasteiger partial charge in [-0.3, -0.25) is 24.5 Å². The molecule has 0 heterocycles. The van der Waals surface area contributed by atoms with Crippen LogP contribution < -0.4 is 16.0 Å². The van der Waals surface area contributed by atoms with E-state index in [1.54, 1.807) is 24.3 Å². The van der Waals surface area contributed by atoms with Gasteiger partial charge in [0, 0.05) is 36.0 Å². The number of para-hydroxylation sites is 1. The quantitative estimate of drug-likeness (QED) is 0.286. The summed E-state index contributed by atoms with van der Waals surface area (Å²) in [6.45, 7) is 0.511. The molecule has 0 aliphatic heterocycles. The van der Waals surface area contributed by atoms with Gasteiger partial charge in [-0.25, -0.2) is 0 Å². The van der Waals surface area contributed by atoms with E-state index < -0.39 is 10.8 Å². The SMILES string of the molecule is O=C(NCCNC(=O)c1ccc(NC(=O)c2ccccc2[N+](=O)[O-])cc1)c1ccccc1. The molecular weight excluding hydrogens is 412 g/mol. The minimum atomic E-state index is -0.622. The van der Waals surface area contributed by atoms with Crippen molar-refractivity contribution in [1.29, 1.82) is 0 Å². The smallest absolute Gasteiger partial charge is 0.282 e. The largest absolute Gasteiger partial charge is 0.350 e. The van der Waals surface area contributed by atoms with Crippen LogP contribution >= 0.6 is 0 Å². The van der Waals surface area contributed by atoms with E-state index >= 15 is 0 Å². The second-order valence-electron chi connectivity index (χ2n) is 6.68. The van der Waals surface area contributed by atoms with E-state index in [-0.39, 0.29) is 36.2 Å². The normalized spacial score (nSPS) is 10.1. The lowest BCUT2D eigenvalue weighted by Gasteiger charge is -2.09. The summed E-state index contributed by atoms with van der Waals surface area (Å²) in [4.78, 5) is 47.0. The number of amides is 3. The maximum atomic E-state index is 12.4. The fourth-order valence-electron chi connectivity index (χ4n) is 2.87. The molecule has 0 bridgehead atoms. The van der Waals surface area contributed by atoms with E-state index in [0.717, 1.165) is 0 Å². The van der Waals surface area contributed by atoms with Gasteiger partial charge in [-0.15, -0.1) is 0 Å². The Hall–Kier alpha value is -4.53. The number of nitrogens with one attached hydrogen (secondary N) is 3. The first-order valence-corrected chi connectivity index (χ1v) is 9.72. The Balaban J connectivity index is 1.50. The second kappa shape index (κ2) is 10.5. The van der Waals surface area contributed by atoms with Crippen molar-refractivity contribution >= 4 is 29.1 Å². The van der Waals surface area contributed by atoms with Gasteiger partial charge in [0.2, 0.25) is 0 Å². The summed E-state index contributed by atoms with van der Waals surface area (Å²) in [6.07, 6.45) is 0. The number of hydrogen-bond acceptors (Lipinski definition) is 5. The van der Waals surface area contributed by atoms with E-state index in [4.69, 9.17) is 0 Å². The highest BCUT2D eigenvalue weighted by Gasteiger charge is 2.19. The van der Waals surface area contributed by atoms with Crippen LogP contribution in [-0.4, -0.2) is 35.7 Å². The summed E-state index contributed by atoms with van der Waals surface area (Å²) < 4.78 is 0. The number of benzene rings is 3. The standard InChI is InChI=1S/C23H20N4O5/c28-21(16-6-2-1-3-7-16)24-14-15-25-22(29)17-10-12-18(13-11-17)26-23(30)19-8-4-5-9-20(19)27(31)32/h1-13H,14-15H2,(H,24,28)(H,25,29)(H,26,30). The van der Waals surface area contributed by atoms with Crippen molar-refractivity contribution in [3.8, 4) is 0 Å². The minimum absolute atomic E-state index is 0.0585. The molecule has 9 heteroatoms. The molecule has 0 fully saturated rings. The van der Waals surface area contributed by atoms with Crippen molar-refractivity contribution in [3.63, 3.8) is 0 Å². The lowest BCUT2D eigenvalue weighted by molar-refractivity contribution is -0.385. The first kappa shape index (κ1) is 22.2. The zero-order valence-electron chi connectivity index (χ0n) is 16.9. The first-order chi connectivity index (χ1) is 15.5. The van der Waals surface area contributed by atoms with Crippen LogP contribution in [0, 0.1) is 10.1 Å². The molecule has 0 saturated carbocycles. The zero-order valence-corrected chi connectivity index (χ0v) is 16.9. The fourth-order valence-corrected chi connectivity index (χ4v) is 2.87. The van der Waals surface area contributed by atoms with Crippen LogP contribution in [0.25, 0.3) is 0 Å². The summed E-state index contributed by atoms with van der Waals surface area (Å²) in [5, 5.41) is 19.1. The number of nitro groups is 1. The van der Waals surface area contributed by atoms with Crippen LogP contribution in [0.2, 0.25) is 0 Å². The molecule has 0 unspecified atom stereocenters. The molecule has 32 heavy (non-hydrogen) atoms. The van der Waals surface area contributed by atoms with Gasteiger partial charge in [0.15, 0.2) is 0 Å². The van der Waals surface area contributed by atoms with Crippen LogP contribution in [0.1, 0.15) is 31.1 Å². The number of anilines is 1. The third-order valence-corrected chi connectivity index (χ3v) is 4.48. The predicted octanol–water partition coefficient (Wildman–Crippen LogP) is 3.01. The first-order valence-electron chi connectivity index (χ1n) is 9.72. The van der Waals surface area contributed by atoms with E-state index in [2.05, 4.69) is 16.0 Å². The number of rotatable bonds is 8. The Kier molecular flexibility index (Phi) is 7.26. The molecule has 0 atom stereocenters. The molecular formula is C23H20N4O5. The second-order valence-corrected chi connectivity index (χ2v) is 6.68. The molecule has 0 aromatic heterocycles. The summed E-state index contributed by atoms with van der Waals surface area (Å²) in [5.74, 6) is -1.18. The summed E-state index contributed by atoms with van der Waals surface area (Å²) in [7, 11) is 0. The topological polar surface area (TPSA) is 130 Å². The molecule has 162 valence electrons. The summed E-state index contributed by atoms with van der Waals surface area (Å²) in [5.41, 5.74) is 0.942. The van der Waals surface area contributed by atoms with Crippen LogP contribution in [0.4, 0.5) is 11.4 Å². The summed E-state index contributed by atoms with van der Waals surface area (Å²) in [6, 6.07) is 20.5. The molecule has 0 aliphatic carbocycles. The van der Waals surface area contributed by atoms with E-state index in [9.17, 15) is 24.5 Å². The number of nitrogens with zero attached hydrogens (tertiary/aromatic N) is 1. The lowest BCUT2D eigenvalue weighted by Crippen LogP contribution is -2.34. The maximum Gasteiger partial charge on any atom is 0.282 e. The van der Waals surface area contributed by atoms with Crippen LogP contribution in [0.5, 0.6) is 0 Å². The molecule has 9 nitrogen and oxygen atoms in total. The van der Waals surface area contributed by atoms with Gasteiger partial charge in [0.1, 0.15) is 5.56 Å². The van der Waals surface area contributed by atoms with Crippen LogP contribution in [0.15, 0.2) is 78.9 Å². The van der Waals surface area contributed by atoms with E-state index in [0.29, 0.717) is 16.8 Å². The molecule has 0 aliphatic rings. The number of hydrogen-bond donors (Lipinski definition) is 3. The number of carbonyl (C=O) groups excluding carboxylic acids is 3. The average molecular weight is 432 g/mol. The van der Waals surface area contributed by atoms with Crippen LogP contribution in [0.3, 0.4) is 0 Å². The van der Waals surface area contributed by atoms with Crippen molar-refractivity contribution in [3.05, 3.63) is 106 Å². The highest BCUT2D eigenvalue weighted by Crippen LogP contribution is 2.19. The van der Waals surface area contributed by atoms with Crippen molar-refractivity contribution in [1.82, 2.24) is 10.6 Å². The Morgan fingerprint density at radius 2 is 1.22 bits per heavy atom. The molecule has 0 radical (unpaired) electrons. The Labute approximate surface area is 183 Å². The van der Waals surface area contributed by atoms with Gasteiger partial charge >= 0.3 is 0 Å². The van der Waals surface area contributed by atoms with E-state index in [1.807, 2.05) is 6.07 Å². The Bertz CT molecular complexity index is 1130. The van der Waals surface area contributed by atoms with Crippen LogP contribution in [-0.2, 0) is 0 Å². The molecule has 3 aromatic carbocycles. The fraction of sp³-hybridized carbons (Fsp3) is 0.0870. The molecule has 0 spiro atoms. The van der Waals surface area contributed by atoms with Crippen molar-refractivity contribution in [2.45, 2.75) is 0 Å². The number of carbonyl (C=O) groups is 3. The Morgan fingerprint density at radius 1 is 0.688 bits per heavy atom. The highest BCUT2D eigenvalue weighted by atomic mass is 16.6. The van der Waals surface area contributed by atoms with Gasteiger partial charge in [0.25, 0.3) is 23.4 Å². The average Bonchev–Trinajstić information content (AvgIpc) is 2.82. The van der Waals surface area contributed by atoms with Gasteiger partial charge in [-0.05, 0) is 42.5 Å². The maximum absolute atomic E-state index is 12.4. The summed E-state index contributed by atoms with van der Waals surface area (Å²) >= 11 is 0. The lowest BCUT2D eigenvalue weighted by atomic mass is 10.1. The molecule has 3 amide bonds. The van der Waals surface area contributed by atoms with E-state index in [1.165, 1.54) is 48.5 Å². The minimum Gasteiger partial charge on any atom is -0.350 e. The molecule has 3 rings (SSSR count). The molecule has 3 aromatic rings. The molecule has 3 N–H and O–H groups in total. The predicted molar refractivity (Wildman–Crippen MR) is 119 cm³/mol.